The number of carboxylic acids is 1. The van der Waals surface area contributed by atoms with Gasteiger partial charge in [-0.2, -0.15) is 0 Å². The molecule has 210 valence electrons. The fourth-order valence-electron chi connectivity index (χ4n) is 6.81. The fourth-order valence-corrected chi connectivity index (χ4v) is 6.94. The predicted molar refractivity (Wildman–Crippen MR) is 161 cm³/mol. The summed E-state index contributed by atoms with van der Waals surface area (Å²) in [7, 11) is 0. The Bertz CT molecular complexity index is 1540. The van der Waals surface area contributed by atoms with Crippen molar-refractivity contribution in [2.75, 3.05) is 13.1 Å². The van der Waals surface area contributed by atoms with E-state index in [1.165, 1.54) is 12.0 Å². The average molecular weight is 568 g/mol. The number of halogens is 1. The van der Waals surface area contributed by atoms with Crippen LogP contribution in [0.15, 0.2) is 72.8 Å². The number of nitrogens with zero attached hydrogens (tertiary/aromatic N) is 3. The number of rotatable bonds is 8. The molecule has 0 radical (unpaired) electrons. The molecule has 6 nitrogen and oxygen atoms in total. The number of aliphatic carboxylic acids is 1. The first-order chi connectivity index (χ1) is 20.0. The zero-order chi connectivity index (χ0) is 28.3. The number of benzene rings is 3. The quantitative estimate of drug-likeness (QED) is 0.224. The molecule has 3 atom stereocenters. The number of piperidine rings is 1. The van der Waals surface area contributed by atoms with Crippen LogP contribution in [0.1, 0.15) is 66.1 Å². The standard InChI is InChI=1S/C34H34ClN3O3/c35-27-16-13-23(14-17-27)33-29(11-4-5-12-31(39)40)36-30-19-24(15-18-28(30)37-33)34(41)38-20-25-9-6-10-26(21-38)32(25)22-7-2-1-3-8-22/h1-3,7-8,13-19,25-26,32H,4-6,9-12,20-21H2,(H,39,40)/t25-,26+,32?. The number of aryl methyl sites for hydroxylation is 1. The van der Waals surface area contributed by atoms with Crippen LogP contribution in [0.3, 0.4) is 0 Å². The van der Waals surface area contributed by atoms with E-state index in [2.05, 4.69) is 35.2 Å². The van der Waals surface area contributed by atoms with Gasteiger partial charge >= 0.3 is 5.97 Å². The van der Waals surface area contributed by atoms with Gasteiger partial charge in [0.15, 0.2) is 0 Å². The van der Waals surface area contributed by atoms with E-state index in [9.17, 15) is 9.59 Å². The Morgan fingerprint density at radius 1 is 0.878 bits per heavy atom. The van der Waals surface area contributed by atoms with Crippen LogP contribution in [0.25, 0.3) is 22.3 Å². The van der Waals surface area contributed by atoms with Gasteiger partial charge in [0.05, 0.1) is 22.4 Å². The van der Waals surface area contributed by atoms with Crippen LogP contribution in [-0.4, -0.2) is 44.9 Å². The van der Waals surface area contributed by atoms with Gasteiger partial charge in [0, 0.05) is 35.7 Å². The lowest BCUT2D eigenvalue weighted by atomic mass is 9.66. The summed E-state index contributed by atoms with van der Waals surface area (Å²) < 4.78 is 0. The molecule has 6 rings (SSSR count). The fraction of sp³-hybridized carbons (Fsp3) is 0.353. The third-order valence-electron chi connectivity index (χ3n) is 8.70. The van der Waals surface area contributed by atoms with Crippen molar-refractivity contribution in [2.24, 2.45) is 11.8 Å². The predicted octanol–water partition coefficient (Wildman–Crippen LogP) is 7.40. The number of carbonyl (C=O) groups is 2. The molecule has 1 aliphatic carbocycles. The highest BCUT2D eigenvalue weighted by molar-refractivity contribution is 6.30. The lowest BCUT2D eigenvalue weighted by molar-refractivity contribution is -0.137. The Kier molecular flexibility index (Phi) is 8.02. The van der Waals surface area contributed by atoms with Crippen LogP contribution < -0.4 is 0 Å². The Morgan fingerprint density at radius 2 is 1.61 bits per heavy atom. The molecule has 2 bridgehead atoms. The summed E-state index contributed by atoms with van der Waals surface area (Å²) in [5.41, 5.74) is 5.92. The van der Waals surface area contributed by atoms with Gasteiger partial charge in [-0.15, -0.1) is 0 Å². The lowest BCUT2D eigenvalue weighted by Gasteiger charge is -2.47. The minimum Gasteiger partial charge on any atom is -0.481 e. The molecule has 1 aliphatic heterocycles. The van der Waals surface area contributed by atoms with Crippen molar-refractivity contribution in [1.29, 1.82) is 0 Å². The van der Waals surface area contributed by atoms with Crippen molar-refractivity contribution in [3.05, 3.63) is 94.6 Å². The van der Waals surface area contributed by atoms with E-state index in [4.69, 9.17) is 26.7 Å². The monoisotopic (exact) mass is 567 g/mol. The minimum atomic E-state index is -0.799. The molecule has 0 spiro atoms. The van der Waals surface area contributed by atoms with Crippen molar-refractivity contribution >= 4 is 34.5 Å². The van der Waals surface area contributed by atoms with Gasteiger partial charge in [0.2, 0.25) is 0 Å². The highest BCUT2D eigenvalue weighted by Crippen LogP contribution is 2.46. The van der Waals surface area contributed by atoms with Crippen molar-refractivity contribution in [1.82, 2.24) is 14.9 Å². The van der Waals surface area contributed by atoms with Crippen LogP contribution in [0.2, 0.25) is 5.02 Å². The zero-order valence-electron chi connectivity index (χ0n) is 23.0. The number of unbranched alkanes of at least 4 members (excludes halogenated alkanes) is 1. The van der Waals surface area contributed by atoms with Crippen LogP contribution >= 0.6 is 11.6 Å². The maximum Gasteiger partial charge on any atom is 0.303 e. The molecule has 1 amide bonds. The minimum absolute atomic E-state index is 0.0573. The summed E-state index contributed by atoms with van der Waals surface area (Å²) in [6.45, 7) is 1.56. The molecule has 2 fully saturated rings. The van der Waals surface area contributed by atoms with Crippen LogP contribution in [0.5, 0.6) is 0 Å². The van der Waals surface area contributed by atoms with Crippen molar-refractivity contribution in [3.63, 3.8) is 0 Å². The molecule has 1 unspecified atom stereocenters. The van der Waals surface area contributed by atoms with Gasteiger partial charge < -0.3 is 10.0 Å². The van der Waals surface area contributed by atoms with E-state index < -0.39 is 5.97 Å². The molecule has 1 saturated heterocycles. The summed E-state index contributed by atoms with van der Waals surface area (Å²) in [6.07, 6.45) is 5.52. The first-order valence-corrected chi connectivity index (χ1v) is 15.0. The molecule has 1 saturated carbocycles. The van der Waals surface area contributed by atoms with Crippen LogP contribution in [0, 0.1) is 11.8 Å². The summed E-state index contributed by atoms with van der Waals surface area (Å²) in [5.74, 6) is 0.739. The van der Waals surface area contributed by atoms with E-state index in [1.807, 2.05) is 42.5 Å². The van der Waals surface area contributed by atoms with E-state index in [0.29, 0.717) is 53.1 Å². The Labute approximate surface area is 245 Å². The summed E-state index contributed by atoms with van der Waals surface area (Å²) >= 11 is 6.12. The van der Waals surface area contributed by atoms with Gasteiger partial charge in [-0.05, 0) is 85.8 Å². The zero-order valence-corrected chi connectivity index (χ0v) is 23.8. The van der Waals surface area contributed by atoms with Crippen molar-refractivity contribution < 1.29 is 14.7 Å². The van der Waals surface area contributed by atoms with Gasteiger partial charge in [-0.25, -0.2) is 9.97 Å². The first kappa shape index (κ1) is 27.4. The smallest absolute Gasteiger partial charge is 0.303 e. The third kappa shape index (κ3) is 5.98. The molecule has 41 heavy (non-hydrogen) atoms. The van der Waals surface area contributed by atoms with Gasteiger partial charge in [-0.3, -0.25) is 9.59 Å². The third-order valence-corrected chi connectivity index (χ3v) is 8.95. The molecule has 1 N–H and O–H groups in total. The second-order valence-electron chi connectivity index (χ2n) is 11.4. The largest absolute Gasteiger partial charge is 0.481 e. The average Bonchev–Trinajstić information content (AvgIpc) is 2.98. The summed E-state index contributed by atoms with van der Waals surface area (Å²) in [4.78, 5) is 36.8. The number of carboxylic acid groups (broad SMARTS) is 1. The maximum absolute atomic E-state index is 13.8. The number of likely N-dealkylation sites (tertiary alicyclic amines) is 1. The van der Waals surface area contributed by atoms with Crippen LogP contribution in [0.4, 0.5) is 0 Å². The molecule has 1 aromatic heterocycles. The molecule has 2 aliphatic rings. The van der Waals surface area contributed by atoms with E-state index in [-0.39, 0.29) is 12.3 Å². The van der Waals surface area contributed by atoms with E-state index in [1.54, 1.807) is 0 Å². The molecular formula is C34H34ClN3O3. The first-order valence-electron chi connectivity index (χ1n) is 14.6. The number of hydrogen-bond acceptors (Lipinski definition) is 4. The van der Waals surface area contributed by atoms with Crippen molar-refractivity contribution in [2.45, 2.75) is 50.9 Å². The molecule has 3 aromatic carbocycles. The Hall–Kier alpha value is -3.77. The molecule has 4 aromatic rings. The molecular weight excluding hydrogens is 534 g/mol. The maximum atomic E-state index is 13.8. The molecule has 2 heterocycles. The van der Waals surface area contributed by atoms with E-state index >= 15 is 0 Å². The number of hydrogen-bond donors (Lipinski definition) is 1. The Balaban J connectivity index is 1.27. The van der Waals surface area contributed by atoms with Crippen LogP contribution in [-0.2, 0) is 11.2 Å². The highest BCUT2D eigenvalue weighted by atomic mass is 35.5. The number of fused-ring (bicyclic) bond motifs is 3. The van der Waals surface area contributed by atoms with Gasteiger partial charge in [-0.1, -0.05) is 60.5 Å². The number of aromatic nitrogens is 2. The van der Waals surface area contributed by atoms with Gasteiger partial charge in [0.25, 0.3) is 5.91 Å². The second-order valence-corrected chi connectivity index (χ2v) is 11.9. The van der Waals surface area contributed by atoms with E-state index in [0.717, 1.165) is 48.4 Å². The topological polar surface area (TPSA) is 83.4 Å². The summed E-state index contributed by atoms with van der Waals surface area (Å²) in [6, 6.07) is 23.9. The highest BCUT2D eigenvalue weighted by Gasteiger charge is 2.41. The van der Waals surface area contributed by atoms with Crippen molar-refractivity contribution in [3.8, 4) is 11.3 Å². The van der Waals surface area contributed by atoms with Gasteiger partial charge in [0.1, 0.15) is 0 Å². The normalized spacial score (nSPS) is 20.2. The summed E-state index contributed by atoms with van der Waals surface area (Å²) in [5, 5.41) is 9.69. The SMILES string of the molecule is O=C(O)CCCCc1nc2cc(C(=O)N3C[C@H]4CCC[C@@H](C3)C4c3ccccc3)ccc2nc1-c1ccc(Cl)cc1. The Morgan fingerprint density at radius 3 is 2.32 bits per heavy atom. The lowest BCUT2D eigenvalue weighted by Crippen LogP contribution is -2.49. The number of amides is 1. The molecule has 7 heteroatoms. The number of carbonyl (C=O) groups excluding carboxylic acids is 1. The second kappa shape index (κ2) is 12.0.